The molecule has 0 bridgehead atoms. The zero-order chi connectivity index (χ0) is 17.6. The highest BCUT2D eigenvalue weighted by molar-refractivity contribution is 5.95. The monoisotopic (exact) mass is 314 g/mol. The Labute approximate surface area is 138 Å². The van der Waals surface area contributed by atoms with Crippen molar-refractivity contribution in [1.82, 2.24) is 0 Å². The van der Waals surface area contributed by atoms with Crippen LogP contribution in [0.3, 0.4) is 0 Å². The van der Waals surface area contributed by atoms with Crippen molar-refractivity contribution in [2.45, 2.75) is 47.5 Å². The highest BCUT2D eigenvalue weighted by Crippen LogP contribution is 2.43. The van der Waals surface area contributed by atoms with Crippen LogP contribution in [0, 0.1) is 5.41 Å². The molecule has 0 aromatic carbocycles. The first kappa shape index (κ1) is 18.9. The lowest BCUT2D eigenvalue weighted by Crippen LogP contribution is -2.09. The topological polar surface area (TPSA) is 54.4 Å². The molecular formula is C20H26O3. The number of Topliss-reactive ketones (excluding diaryl/α,β-unsaturated/α-hetero) is 1. The third-order valence-corrected chi connectivity index (χ3v) is 4.06. The quantitative estimate of drug-likeness (QED) is 0.567. The first-order valence-electron chi connectivity index (χ1n) is 7.82. The average Bonchev–Trinajstić information content (AvgIpc) is 2.70. The number of allylic oxidation sites excluding steroid dienone is 9. The molecule has 1 aliphatic rings. The molecule has 3 heteroatoms. The fourth-order valence-corrected chi connectivity index (χ4v) is 2.67. The van der Waals surface area contributed by atoms with Crippen LogP contribution in [-0.2, 0) is 9.59 Å². The van der Waals surface area contributed by atoms with E-state index in [4.69, 9.17) is 5.11 Å². The molecule has 0 heterocycles. The molecule has 0 aliphatic heterocycles. The fourth-order valence-electron chi connectivity index (χ4n) is 2.67. The van der Waals surface area contributed by atoms with Crippen LogP contribution >= 0.6 is 0 Å². The summed E-state index contributed by atoms with van der Waals surface area (Å²) in [4.78, 5) is 22.3. The van der Waals surface area contributed by atoms with Crippen LogP contribution in [0.1, 0.15) is 47.5 Å². The minimum Gasteiger partial charge on any atom is -0.478 e. The van der Waals surface area contributed by atoms with Crippen LogP contribution in [0.5, 0.6) is 0 Å². The van der Waals surface area contributed by atoms with E-state index >= 15 is 0 Å². The maximum Gasteiger partial charge on any atom is 0.328 e. The third kappa shape index (κ3) is 5.85. The van der Waals surface area contributed by atoms with Gasteiger partial charge >= 0.3 is 5.97 Å². The summed E-state index contributed by atoms with van der Waals surface area (Å²) in [6.45, 7) is 9.69. The van der Waals surface area contributed by atoms with E-state index in [2.05, 4.69) is 13.8 Å². The minimum atomic E-state index is -0.945. The summed E-state index contributed by atoms with van der Waals surface area (Å²) in [5.41, 5.74) is 3.83. The van der Waals surface area contributed by atoms with Gasteiger partial charge < -0.3 is 5.11 Å². The first-order valence-corrected chi connectivity index (χ1v) is 7.82. The van der Waals surface area contributed by atoms with E-state index in [0.717, 1.165) is 29.6 Å². The van der Waals surface area contributed by atoms with Crippen molar-refractivity contribution in [3.05, 3.63) is 58.7 Å². The molecule has 0 saturated heterocycles. The normalized spacial score (nSPS) is 19.2. The van der Waals surface area contributed by atoms with Gasteiger partial charge in [-0.3, -0.25) is 4.79 Å². The molecule has 1 rings (SSSR count). The lowest BCUT2D eigenvalue weighted by molar-refractivity contribution is -0.131. The number of carboxylic acid groups (broad SMARTS) is 1. The molecule has 0 amide bonds. The van der Waals surface area contributed by atoms with Crippen LogP contribution in [0.2, 0.25) is 0 Å². The Morgan fingerprint density at radius 1 is 1.09 bits per heavy atom. The highest BCUT2D eigenvalue weighted by atomic mass is 16.4. The van der Waals surface area contributed by atoms with Crippen LogP contribution < -0.4 is 0 Å². The molecule has 0 aromatic heterocycles. The van der Waals surface area contributed by atoms with Crippen LogP contribution in [0.4, 0.5) is 0 Å². The summed E-state index contributed by atoms with van der Waals surface area (Å²) in [5, 5.41) is 8.65. The molecule has 0 saturated carbocycles. The Bertz CT molecular complexity index is 638. The van der Waals surface area contributed by atoms with Crippen LogP contribution in [-0.4, -0.2) is 16.9 Å². The number of carbonyl (C=O) groups is 2. The fraction of sp³-hybridized carbons (Fsp3) is 0.400. The smallest absolute Gasteiger partial charge is 0.328 e. The molecule has 0 aromatic rings. The zero-order valence-electron chi connectivity index (χ0n) is 14.6. The number of rotatable bonds is 6. The number of hydrogen-bond acceptors (Lipinski definition) is 2. The number of carboxylic acids is 1. The van der Waals surface area contributed by atoms with Gasteiger partial charge in [0.05, 0.1) is 0 Å². The molecular weight excluding hydrogens is 288 g/mol. The van der Waals surface area contributed by atoms with Gasteiger partial charge in [0.25, 0.3) is 0 Å². The predicted molar refractivity (Wildman–Crippen MR) is 94.2 cm³/mol. The third-order valence-electron chi connectivity index (χ3n) is 4.06. The lowest BCUT2D eigenvalue weighted by Gasteiger charge is -2.20. The van der Waals surface area contributed by atoms with Crippen molar-refractivity contribution in [3.8, 4) is 0 Å². The van der Waals surface area contributed by atoms with E-state index in [1.54, 1.807) is 19.9 Å². The van der Waals surface area contributed by atoms with Gasteiger partial charge in [0.2, 0.25) is 0 Å². The number of aliphatic carboxylic acids is 1. The maximum absolute atomic E-state index is 11.8. The SMILES string of the molecule is CC(=O)C1=C(C=CC(C)=CC=CC(C)=CC(=O)O)C(C)(C)CC1. The summed E-state index contributed by atoms with van der Waals surface area (Å²) in [7, 11) is 0. The molecule has 1 N–H and O–H groups in total. The largest absolute Gasteiger partial charge is 0.478 e. The van der Waals surface area contributed by atoms with E-state index < -0.39 is 5.97 Å². The van der Waals surface area contributed by atoms with E-state index in [0.29, 0.717) is 5.57 Å². The van der Waals surface area contributed by atoms with Crippen LogP contribution in [0.25, 0.3) is 0 Å². The Morgan fingerprint density at radius 2 is 1.74 bits per heavy atom. The molecule has 0 radical (unpaired) electrons. The van der Waals surface area contributed by atoms with Crippen molar-refractivity contribution >= 4 is 11.8 Å². The predicted octanol–water partition coefficient (Wildman–Crippen LogP) is 4.78. The Morgan fingerprint density at radius 3 is 2.30 bits per heavy atom. The van der Waals surface area contributed by atoms with E-state index in [1.165, 1.54) is 6.08 Å². The molecule has 1 aliphatic carbocycles. The first-order chi connectivity index (χ1) is 10.6. The van der Waals surface area contributed by atoms with Gasteiger partial charge in [0.15, 0.2) is 5.78 Å². The molecule has 0 unspecified atom stereocenters. The van der Waals surface area contributed by atoms with E-state index in [-0.39, 0.29) is 11.2 Å². The summed E-state index contributed by atoms with van der Waals surface area (Å²) in [6.07, 6.45) is 12.6. The van der Waals surface area contributed by atoms with Gasteiger partial charge in [-0.15, -0.1) is 0 Å². The van der Waals surface area contributed by atoms with Gasteiger partial charge in [-0.2, -0.15) is 0 Å². The number of carbonyl (C=O) groups excluding carboxylic acids is 1. The molecule has 23 heavy (non-hydrogen) atoms. The van der Waals surface area contributed by atoms with Crippen molar-refractivity contribution < 1.29 is 14.7 Å². The van der Waals surface area contributed by atoms with Crippen molar-refractivity contribution in [2.24, 2.45) is 5.41 Å². The summed E-state index contributed by atoms with van der Waals surface area (Å²) < 4.78 is 0. The molecule has 124 valence electrons. The van der Waals surface area contributed by atoms with Crippen molar-refractivity contribution in [1.29, 1.82) is 0 Å². The summed E-state index contributed by atoms with van der Waals surface area (Å²) in [6, 6.07) is 0. The molecule has 0 atom stereocenters. The standard InChI is InChI=1S/C20H26O3/c1-14(7-6-8-15(2)13-19(22)23)9-10-18-17(16(3)21)11-12-20(18,4)5/h6-10,13H,11-12H2,1-5H3,(H,22,23). The van der Waals surface area contributed by atoms with E-state index in [9.17, 15) is 9.59 Å². The van der Waals surface area contributed by atoms with Gasteiger partial charge in [-0.05, 0) is 55.7 Å². The Kier molecular flexibility index (Phi) is 6.49. The van der Waals surface area contributed by atoms with Gasteiger partial charge in [0.1, 0.15) is 0 Å². The second-order valence-corrected chi connectivity index (χ2v) is 6.66. The van der Waals surface area contributed by atoms with E-state index in [1.807, 2.05) is 31.2 Å². The molecule has 0 fully saturated rings. The number of ketones is 1. The molecule has 0 spiro atoms. The second kappa shape index (κ2) is 7.91. The van der Waals surface area contributed by atoms with Gasteiger partial charge in [-0.1, -0.05) is 49.8 Å². The summed E-state index contributed by atoms with van der Waals surface area (Å²) in [5.74, 6) is -0.786. The Hall–Kier alpha value is -2.16. The van der Waals surface area contributed by atoms with Crippen LogP contribution in [0.15, 0.2) is 58.7 Å². The van der Waals surface area contributed by atoms with Crippen molar-refractivity contribution in [3.63, 3.8) is 0 Å². The average molecular weight is 314 g/mol. The summed E-state index contributed by atoms with van der Waals surface area (Å²) >= 11 is 0. The zero-order valence-corrected chi connectivity index (χ0v) is 14.6. The minimum absolute atomic E-state index is 0.0361. The second-order valence-electron chi connectivity index (χ2n) is 6.66. The highest BCUT2D eigenvalue weighted by Gasteiger charge is 2.32. The maximum atomic E-state index is 11.8. The molecule has 3 nitrogen and oxygen atoms in total. The lowest BCUT2D eigenvalue weighted by atomic mass is 9.84. The van der Waals surface area contributed by atoms with Crippen molar-refractivity contribution in [2.75, 3.05) is 0 Å². The van der Waals surface area contributed by atoms with Gasteiger partial charge in [-0.25, -0.2) is 4.79 Å². The number of hydrogen-bond donors (Lipinski definition) is 1. The van der Waals surface area contributed by atoms with Gasteiger partial charge in [0, 0.05) is 6.08 Å². The Balaban J connectivity index is 2.89.